The summed E-state index contributed by atoms with van der Waals surface area (Å²) in [5.41, 5.74) is 13.9. The van der Waals surface area contributed by atoms with Crippen LogP contribution < -0.4 is 15.3 Å². The predicted molar refractivity (Wildman–Crippen MR) is 248 cm³/mol. The van der Waals surface area contributed by atoms with Crippen molar-refractivity contribution in [2.75, 3.05) is 4.90 Å². The maximum Gasteiger partial charge on any atom is 0.136 e. The SMILES string of the molecule is C[Si]1(C)c2cc(N(c3ccc(-c4ccc5ccccc5c4)cc3)c3ccc(-n4c5ccccc5c5ccccc54)cc3)ccc2-c2c1ccc1oc3ccccc3c21. The van der Waals surface area contributed by atoms with Crippen molar-refractivity contribution in [3.8, 4) is 27.9 Å². The zero-order chi connectivity index (χ0) is 38.5. The molecule has 0 N–H and O–H groups in total. The molecule has 0 saturated heterocycles. The molecule has 1 aliphatic heterocycles. The van der Waals surface area contributed by atoms with Gasteiger partial charge in [0.05, 0.1) is 11.0 Å². The minimum atomic E-state index is -2.08. The van der Waals surface area contributed by atoms with Crippen molar-refractivity contribution in [3.63, 3.8) is 0 Å². The Hall–Kier alpha value is -7.14. The molecule has 0 fully saturated rings. The normalized spacial score (nSPS) is 13.1. The van der Waals surface area contributed by atoms with Crippen LogP contribution in [-0.2, 0) is 0 Å². The fourth-order valence-corrected chi connectivity index (χ4v) is 12.8. The zero-order valence-electron chi connectivity index (χ0n) is 32.3. The van der Waals surface area contributed by atoms with Gasteiger partial charge < -0.3 is 13.9 Å². The number of furan rings is 1. The molecule has 0 radical (unpaired) electrons. The number of anilines is 3. The summed E-state index contributed by atoms with van der Waals surface area (Å²) in [5, 5.41) is 10.4. The highest BCUT2D eigenvalue weighted by molar-refractivity contribution is 7.04. The first-order valence-electron chi connectivity index (χ1n) is 20.1. The Morgan fingerprint density at radius 2 is 1.05 bits per heavy atom. The van der Waals surface area contributed by atoms with E-state index in [2.05, 4.69) is 217 Å². The second-order valence-electron chi connectivity index (χ2n) is 16.1. The number of nitrogens with zero attached hydrogens (tertiary/aromatic N) is 2. The molecule has 0 unspecified atom stereocenters. The Bertz CT molecular complexity index is 3370. The van der Waals surface area contributed by atoms with Crippen molar-refractivity contribution in [1.82, 2.24) is 4.57 Å². The molecule has 4 heteroatoms. The van der Waals surface area contributed by atoms with Gasteiger partial charge in [-0.05, 0) is 122 Å². The molecule has 12 rings (SSSR count). The molecule has 2 aromatic heterocycles. The molecule has 1 aliphatic rings. The third kappa shape index (κ3) is 4.85. The summed E-state index contributed by atoms with van der Waals surface area (Å²) in [6.45, 7) is 5.00. The lowest BCUT2D eigenvalue weighted by Crippen LogP contribution is -2.49. The fourth-order valence-electron chi connectivity index (χ4n) is 9.74. The van der Waals surface area contributed by atoms with E-state index in [1.165, 1.54) is 76.0 Å². The molecule has 0 bridgehead atoms. The van der Waals surface area contributed by atoms with Gasteiger partial charge in [-0.25, -0.2) is 0 Å². The number of fused-ring (bicyclic) bond motifs is 11. The van der Waals surface area contributed by atoms with Crippen molar-refractivity contribution in [1.29, 1.82) is 0 Å². The summed E-state index contributed by atoms with van der Waals surface area (Å²) in [4.78, 5) is 2.43. The molecule has 9 aromatic carbocycles. The molecule has 0 aliphatic carbocycles. The van der Waals surface area contributed by atoms with E-state index >= 15 is 0 Å². The van der Waals surface area contributed by atoms with E-state index in [4.69, 9.17) is 4.42 Å². The van der Waals surface area contributed by atoms with Crippen molar-refractivity contribution < 1.29 is 4.42 Å². The van der Waals surface area contributed by atoms with E-state index in [9.17, 15) is 0 Å². The molecule has 0 amide bonds. The minimum absolute atomic E-state index is 0.943. The Labute approximate surface area is 337 Å². The molecule has 0 atom stereocenters. The highest BCUT2D eigenvalue weighted by Crippen LogP contribution is 2.43. The van der Waals surface area contributed by atoms with Crippen LogP contribution in [0.15, 0.2) is 199 Å². The Morgan fingerprint density at radius 3 is 1.79 bits per heavy atom. The molecule has 274 valence electrons. The van der Waals surface area contributed by atoms with E-state index in [-0.39, 0.29) is 0 Å². The van der Waals surface area contributed by atoms with Crippen LogP contribution in [0.5, 0.6) is 0 Å². The standard InChI is InChI=1S/C54H38N2OSi/c1-58(2)51-32-31-50-53(45-15-7-10-18-49(45)57-50)54(51)46-30-29-42(34-52(46)58)55(39-23-21-36(22-24-39)38-20-19-35-11-3-4-12-37(35)33-38)40-25-27-41(28-26-40)56-47-16-8-5-13-43(47)44-14-6-9-17-48(44)56/h3-34H,1-2H3. The van der Waals surface area contributed by atoms with Gasteiger partial charge in [0, 0.05) is 44.3 Å². The van der Waals surface area contributed by atoms with E-state index in [1.807, 2.05) is 0 Å². The lowest BCUT2D eigenvalue weighted by atomic mass is 9.99. The molecule has 0 saturated carbocycles. The maximum absolute atomic E-state index is 6.39. The van der Waals surface area contributed by atoms with Gasteiger partial charge in [0.25, 0.3) is 0 Å². The average Bonchev–Trinajstić information content (AvgIpc) is 3.89. The van der Waals surface area contributed by atoms with Crippen molar-refractivity contribution in [2.24, 2.45) is 0 Å². The summed E-state index contributed by atoms with van der Waals surface area (Å²) >= 11 is 0. The van der Waals surface area contributed by atoms with Crippen molar-refractivity contribution in [2.45, 2.75) is 13.1 Å². The Kier molecular flexibility index (Phi) is 7.08. The monoisotopic (exact) mass is 758 g/mol. The van der Waals surface area contributed by atoms with Crippen LogP contribution >= 0.6 is 0 Å². The summed E-state index contributed by atoms with van der Waals surface area (Å²) < 4.78 is 8.78. The molecule has 11 aromatic rings. The van der Waals surface area contributed by atoms with Crippen LogP contribution in [0.1, 0.15) is 0 Å². The van der Waals surface area contributed by atoms with Gasteiger partial charge in [0.1, 0.15) is 19.2 Å². The fraction of sp³-hybridized carbons (Fsp3) is 0.0370. The van der Waals surface area contributed by atoms with E-state index < -0.39 is 8.07 Å². The van der Waals surface area contributed by atoms with Gasteiger partial charge in [0.2, 0.25) is 0 Å². The summed E-state index contributed by atoms with van der Waals surface area (Å²) in [5.74, 6) is 0. The van der Waals surface area contributed by atoms with Crippen LogP contribution in [-0.4, -0.2) is 12.6 Å². The van der Waals surface area contributed by atoms with Gasteiger partial charge in [-0.3, -0.25) is 0 Å². The highest BCUT2D eigenvalue weighted by atomic mass is 28.3. The quantitative estimate of drug-likeness (QED) is 0.163. The average molecular weight is 759 g/mol. The molecular formula is C54H38N2OSi. The lowest BCUT2D eigenvalue weighted by molar-refractivity contribution is 0.669. The number of hydrogen-bond acceptors (Lipinski definition) is 2. The van der Waals surface area contributed by atoms with E-state index in [0.717, 1.165) is 33.9 Å². The molecule has 58 heavy (non-hydrogen) atoms. The topological polar surface area (TPSA) is 21.3 Å². The highest BCUT2D eigenvalue weighted by Gasteiger charge is 2.39. The largest absolute Gasteiger partial charge is 0.456 e. The first-order chi connectivity index (χ1) is 28.5. The number of aromatic nitrogens is 1. The minimum Gasteiger partial charge on any atom is -0.456 e. The first-order valence-corrected chi connectivity index (χ1v) is 23.1. The third-order valence-corrected chi connectivity index (χ3v) is 16.1. The summed E-state index contributed by atoms with van der Waals surface area (Å²) in [6.07, 6.45) is 0. The van der Waals surface area contributed by atoms with Crippen molar-refractivity contribution >= 4 is 90.0 Å². The van der Waals surface area contributed by atoms with Gasteiger partial charge in [0.15, 0.2) is 0 Å². The Morgan fingerprint density at radius 1 is 0.448 bits per heavy atom. The zero-order valence-corrected chi connectivity index (χ0v) is 33.3. The Balaban J connectivity index is 1.01. The predicted octanol–water partition coefficient (Wildman–Crippen LogP) is 13.8. The van der Waals surface area contributed by atoms with E-state index in [0.29, 0.717) is 0 Å². The summed E-state index contributed by atoms with van der Waals surface area (Å²) in [7, 11) is -2.08. The molecule has 3 nitrogen and oxygen atoms in total. The van der Waals surface area contributed by atoms with E-state index in [1.54, 1.807) is 0 Å². The smallest absolute Gasteiger partial charge is 0.136 e. The van der Waals surface area contributed by atoms with Gasteiger partial charge in [-0.2, -0.15) is 0 Å². The summed E-state index contributed by atoms with van der Waals surface area (Å²) in [6, 6.07) is 71.1. The second-order valence-corrected chi connectivity index (χ2v) is 20.5. The second kappa shape index (κ2) is 12.4. The van der Waals surface area contributed by atoms with Crippen LogP contribution in [0.25, 0.3) is 82.5 Å². The first kappa shape index (κ1) is 33.0. The molecule has 0 spiro atoms. The molecule has 3 heterocycles. The van der Waals surface area contributed by atoms with Crippen LogP contribution in [0.3, 0.4) is 0 Å². The lowest BCUT2D eigenvalue weighted by Gasteiger charge is -2.28. The van der Waals surface area contributed by atoms with Gasteiger partial charge >= 0.3 is 0 Å². The third-order valence-electron chi connectivity index (χ3n) is 12.6. The number of benzene rings is 9. The van der Waals surface area contributed by atoms with Crippen LogP contribution in [0, 0.1) is 0 Å². The number of para-hydroxylation sites is 3. The van der Waals surface area contributed by atoms with Gasteiger partial charge in [-0.15, -0.1) is 0 Å². The number of rotatable bonds is 5. The maximum atomic E-state index is 6.39. The van der Waals surface area contributed by atoms with Gasteiger partial charge in [-0.1, -0.05) is 128 Å². The molecular weight excluding hydrogens is 721 g/mol. The van der Waals surface area contributed by atoms with Crippen molar-refractivity contribution in [3.05, 3.63) is 194 Å². The van der Waals surface area contributed by atoms with Crippen LogP contribution in [0.2, 0.25) is 13.1 Å². The van der Waals surface area contributed by atoms with Crippen LogP contribution in [0.4, 0.5) is 17.1 Å². The number of hydrogen-bond donors (Lipinski definition) is 0.